The molecule has 3 saturated heterocycles. The molecule has 4 amide bonds. The Morgan fingerprint density at radius 3 is 1.59 bits per heavy atom. The number of carbonyl (C=O) groups excluding carboxylic acids is 5. The number of hydrogen-bond donors (Lipinski definition) is 4. The third-order valence-corrected chi connectivity index (χ3v) is 18.0. The molecule has 2 atom stereocenters. The van der Waals surface area contributed by atoms with Gasteiger partial charge in [-0.1, -0.05) is 37.8 Å². The van der Waals surface area contributed by atoms with E-state index >= 15 is 0 Å². The summed E-state index contributed by atoms with van der Waals surface area (Å²) in [7, 11) is 1.12. The van der Waals surface area contributed by atoms with E-state index in [0.29, 0.717) is 98.7 Å². The average Bonchev–Trinajstić information content (AvgIpc) is 1.36. The summed E-state index contributed by atoms with van der Waals surface area (Å²) >= 11 is 0. The van der Waals surface area contributed by atoms with Crippen LogP contribution < -0.4 is 25.0 Å². The van der Waals surface area contributed by atoms with Crippen LogP contribution in [0.25, 0.3) is 11.1 Å². The van der Waals surface area contributed by atoms with Gasteiger partial charge in [0.1, 0.15) is 68.4 Å². The number of phenols is 3. The van der Waals surface area contributed by atoms with Gasteiger partial charge in [-0.2, -0.15) is 0 Å². The van der Waals surface area contributed by atoms with Gasteiger partial charge in [0, 0.05) is 107 Å². The van der Waals surface area contributed by atoms with Gasteiger partial charge in [0.05, 0.1) is 34.4 Å². The number of ether oxygens (including phenoxy) is 5. The smallest absolute Gasteiger partial charge is 0.496 e. The maximum Gasteiger partial charge on any atom is 0.496 e. The topological polar surface area (TPSA) is 274 Å². The summed E-state index contributed by atoms with van der Waals surface area (Å²) in [5, 5.41) is 31.8. The summed E-state index contributed by atoms with van der Waals surface area (Å²) in [4.78, 5) is 81.3. The van der Waals surface area contributed by atoms with Crippen molar-refractivity contribution in [3.8, 4) is 34.5 Å². The Bertz CT molecular complexity index is 3880. The standard InChI is InChI=1S/C29H37N3O6.C22H25N3O3.C16H25BN2O3.C8H8O3.CH4/c1-7-31(8-2)26(33)22-13-12-20(17-30-22)21-16-29(14-15-32(18-29)27(34)38-28(3,4)5)37-24-11-9-10-23(25(21)24)36-19-35-6;1-3-25(4-2)21(27)17-9-8-15(13-24-17)16-12-22(10-11-23-14-22)28-19-7-5-6-18(26)20(16)19;1-7-19(8-2)14(20)13-10-9-12(11-18-13)17-21-15(3,4)16(5,6)22-17;1-5(9)7-4-6(10)2-3-8(7)11;/h9-13,16-17H,7-8,14-15,18-19H2,1-6H3;5-9,12-13,23,26H,3-4,10-11,14H2,1-2H3;9-11H,7-8H2,1-6H3;2-4,10-11H,1H3;1H4. The SMILES string of the molecule is C.CC(=O)c1cc(O)ccc1O.CCN(CC)C(=O)c1ccc(B2OC(C)(C)C(C)(C)O2)cn1.CCN(CC)C(=O)c1ccc(C2=CC3(CCN(C(=O)OC(C)(C)C)C3)Oc3cccc(OCOC)c32)cn1.CCN(CC)C(=O)c1ccc(C2=CC3(CCNC3)Oc3cccc(O)c32)cn1. The molecule has 5 aliphatic rings. The summed E-state index contributed by atoms with van der Waals surface area (Å²) in [5.41, 5.74) is 4.58. The molecule has 5 aliphatic heterocycles. The van der Waals surface area contributed by atoms with Crippen molar-refractivity contribution in [3.63, 3.8) is 0 Å². The first-order chi connectivity index (χ1) is 47.0. The molecule has 2 unspecified atom stereocenters. The lowest BCUT2D eigenvalue weighted by molar-refractivity contribution is 0.00578. The van der Waals surface area contributed by atoms with Crippen molar-refractivity contribution in [3.05, 3.63) is 167 Å². The monoisotopic (exact) mass is 1370 g/mol. The Labute approximate surface area is 588 Å². The third kappa shape index (κ3) is 18.2. The summed E-state index contributed by atoms with van der Waals surface area (Å²) in [6, 6.07) is 25.7. The number of amides is 4. The van der Waals surface area contributed by atoms with Crippen molar-refractivity contribution in [1.29, 1.82) is 0 Å². The molecule has 100 heavy (non-hydrogen) atoms. The summed E-state index contributed by atoms with van der Waals surface area (Å²) in [6.07, 6.45) is 10.3. The quantitative estimate of drug-likeness (QED) is 0.0303. The minimum atomic E-state index is -0.741. The van der Waals surface area contributed by atoms with E-state index in [0.717, 1.165) is 52.8 Å². The van der Waals surface area contributed by atoms with Gasteiger partial charge in [-0.25, -0.2) is 4.79 Å². The van der Waals surface area contributed by atoms with Crippen LogP contribution >= 0.6 is 0 Å². The lowest BCUT2D eigenvalue weighted by Gasteiger charge is -2.35. The number of hydrogen-bond acceptors (Lipinski definition) is 19. The van der Waals surface area contributed by atoms with Gasteiger partial charge in [-0.05, 0) is 187 Å². The van der Waals surface area contributed by atoms with Crippen LogP contribution in [-0.2, 0) is 18.8 Å². The lowest BCUT2D eigenvalue weighted by Crippen LogP contribution is -2.42. The lowest BCUT2D eigenvalue weighted by atomic mass is 9.80. The largest absolute Gasteiger partial charge is 0.508 e. The minimum Gasteiger partial charge on any atom is -0.508 e. The summed E-state index contributed by atoms with van der Waals surface area (Å²) < 4.78 is 41.4. The highest BCUT2D eigenvalue weighted by molar-refractivity contribution is 6.62. The van der Waals surface area contributed by atoms with Gasteiger partial charge < -0.3 is 73.2 Å². The van der Waals surface area contributed by atoms with E-state index in [9.17, 15) is 29.1 Å². The van der Waals surface area contributed by atoms with Crippen molar-refractivity contribution in [2.45, 2.75) is 145 Å². The molecule has 0 radical (unpaired) electrons. The van der Waals surface area contributed by atoms with E-state index in [-0.39, 0.29) is 77.8 Å². The number of Topliss-reactive ketones (excluding diaryl/α,β-unsaturated/α-hetero) is 1. The predicted octanol–water partition coefficient (Wildman–Crippen LogP) is 11.4. The van der Waals surface area contributed by atoms with Crippen LogP contribution in [0, 0.1) is 0 Å². The van der Waals surface area contributed by atoms with Gasteiger partial charge in [-0.15, -0.1) is 0 Å². The zero-order valence-corrected chi connectivity index (χ0v) is 59.7. The zero-order valence-electron chi connectivity index (χ0n) is 59.7. The number of likely N-dealkylation sites (tertiary alicyclic amines) is 1. The molecule has 2 spiro atoms. The minimum absolute atomic E-state index is 0. The summed E-state index contributed by atoms with van der Waals surface area (Å²) in [6.45, 7) is 33.1. The highest BCUT2D eigenvalue weighted by Crippen LogP contribution is 2.48. The molecule has 0 saturated carbocycles. The highest BCUT2D eigenvalue weighted by atomic mass is 16.7. The molecular weight excluding hydrogens is 1280 g/mol. The second-order valence-electron chi connectivity index (χ2n) is 26.5. The van der Waals surface area contributed by atoms with Crippen LogP contribution in [0.5, 0.6) is 34.5 Å². The maximum absolute atomic E-state index is 12.8. The number of aromatic hydroxyl groups is 3. The number of benzene rings is 3. The van der Waals surface area contributed by atoms with E-state index in [4.69, 9.17) is 43.2 Å². The number of methoxy groups -OCH3 is 1. The Balaban J connectivity index is 0.000000200. The maximum atomic E-state index is 12.8. The fourth-order valence-corrected chi connectivity index (χ4v) is 11.8. The molecule has 536 valence electrons. The molecule has 3 aromatic heterocycles. The first-order valence-electron chi connectivity index (χ1n) is 33.7. The van der Waals surface area contributed by atoms with Crippen molar-refractivity contribution < 1.29 is 72.3 Å². The number of pyridine rings is 3. The number of aromatic nitrogens is 3. The molecule has 6 aromatic rings. The average molecular weight is 1380 g/mol. The van der Waals surface area contributed by atoms with Gasteiger partial charge in [0.25, 0.3) is 17.7 Å². The number of rotatable bonds is 16. The molecular formula is C76H99BN8O15. The highest BCUT2D eigenvalue weighted by Gasteiger charge is 2.52. The molecule has 11 rings (SSSR count). The van der Waals surface area contributed by atoms with E-state index in [1.54, 1.807) is 75.6 Å². The van der Waals surface area contributed by atoms with Crippen LogP contribution in [0.2, 0.25) is 0 Å². The van der Waals surface area contributed by atoms with Crippen molar-refractivity contribution in [1.82, 2.24) is 39.9 Å². The second-order valence-corrected chi connectivity index (χ2v) is 26.5. The van der Waals surface area contributed by atoms with Gasteiger partial charge in [0.15, 0.2) is 12.6 Å². The van der Waals surface area contributed by atoms with E-state index in [2.05, 4.69) is 26.3 Å². The fourth-order valence-electron chi connectivity index (χ4n) is 11.8. The van der Waals surface area contributed by atoms with Crippen molar-refractivity contribution >= 4 is 53.3 Å². The van der Waals surface area contributed by atoms with Crippen LogP contribution in [0.4, 0.5) is 4.79 Å². The van der Waals surface area contributed by atoms with Crippen molar-refractivity contribution in [2.75, 3.05) is 79.4 Å². The molecule has 0 bridgehead atoms. The van der Waals surface area contributed by atoms with E-state index in [1.807, 2.05) is 139 Å². The normalized spacial score (nSPS) is 18.0. The molecule has 24 heteroatoms. The number of ketones is 1. The number of phenolic OH excluding ortho intramolecular Hbond substituents is 3. The number of carbonyl (C=O) groups is 5. The zero-order chi connectivity index (χ0) is 72.2. The van der Waals surface area contributed by atoms with E-state index in [1.165, 1.54) is 25.1 Å². The van der Waals surface area contributed by atoms with Gasteiger partial charge >= 0.3 is 13.2 Å². The van der Waals surface area contributed by atoms with Crippen molar-refractivity contribution in [2.24, 2.45) is 0 Å². The Morgan fingerprint density at radius 2 is 1.13 bits per heavy atom. The fraction of sp³-hybridized carbons (Fsp3) is 0.447. The van der Waals surface area contributed by atoms with Gasteiger partial charge in [0.2, 0.25) is 0 Å². The molecule has 0 aliphatic carbocycles. The van der Waals surface area contributed by atoms with Crippen LogP contribution in [0.3, 0.4) is 0 Å². The first-order valence-corrected chi connectivity index (χ1v) is 33.7. The van der Waals surface area contributed by atoms with E-state index < -0.39 is 23.9 Å². The predicted molar refractivity (Wildman–Crippen MR) is 385 cm³/mol. The Morgan fingerprint density at radius 1 is 0.630 bits per heavy atom. The van der Waals surface area contributed by atoms with Crippen LogP contribution in [0.1, 0.15) is 181 Å². The molecule has 3 aromatic carbocycles. The number of fused-ring (bicyclic) bond motifs is 2. The molecule has 8 heterocycles. The summed E-state index contributed by atoms with van der Waals surface area (Å²) in [5.74, 6) is 1.48. The molecule has 23 nitrogen and oxygen atoms in total. The Kier molecular flexibility index (Phi) is 25.9. The second kappa shape index (κ2) is 33.2. The van der Waals surface area contributed by atoms with Crippen LogP contribution in [-0.4, -0.2) is 194 Å². The number of nitrogens with one attached hydrogen (secondary N) is 1. The first kappa shape index (κ1) is 78.0. The number of nitrogens with zero attached hydrogens (tertiary/aromatic N) is 7. The third-order valence-electron chi connectivity index (χ3n) is 18.0. The Hall–Kier alpha value is -9.36. The van der Waals surface area contributed by atoms with Gasteiger partial charge in [-0.3, -0.25) is 34.1 Å². The molecule has 3 fully saturated rings. The van der Waals surface area contributed by atoms with Crippen LogP contribution in [0.15, 0.2) is 122 Å². The molecule has 4 N–H and O–H groups in total.